The number of fused-ring (bicyclic) bond motifs is 1. The van der Waals surface area contributed by atoms with Gasteiger partial charge in [0.25, 0.3) is 11.8 Å². The van der Waals surface area contributed by atoms with Crippen molar-refractivity contribution in [2.75, 3.05) is 23.7 Å². The zero-order valence-electron chi connectivity index (χ0n) is 23.9. The molecule has 2 aliphatic rings. The summed E-state index contributed by atoms with van der Waals surface area (Å²) in [5.41, 5.74) is 19.8. The van der Waals surface area contributed by atoms with Gasteiger partial charge in [-0.15, -0.1) is 36.2 Å². The Morgan fingerprint density at radius 3 is 2.68 bits per heavy atom. The van der Waals surface area contributed by atoms with Crippen molar-refractivity contribution in [2.24, 2.45) is 11.5 Å². The average molecular weight is 667 g/mol. The maximum atomic E-state index is 14.7. The van der Waals surface area contributed by atoms with Crippen LogP contribution in [0.2, 0.25) is 0 Å². The lowest BCUT2D eigenvalue weighted by Gasteiger charge is -2.34. The lowest BCUT2D eigenvalue weighted by molar-refractivity contribution is 0.0928. The molecule has 1 saturated carbocycles. The summed E-state index contributed by atoms with van der Waals surface area (Å²) in [6.07, 6.45) is 5.39. The molecule has 3 atom stereocenters. The average Bonchev–Trinajstić information content (AvgIpc) is 3.65. The number of piperidine rings is 1. The topological polar surface area (TPSA) is 180 Å². The number of hydrogen-bond donors (Lipinski definition) is 4. The van der Waals surface area contributed by atoms with Crippen LogP contribution in [-0.2, 0) is 0 Å². The summed E-state index contributed by atoms with van der Waals surface area (Å²) in [5.74, 6) is -1.16. The first-order valence-corrected chi connectivity index (χ1v) is 14.7. The molecule has 1 saturated heterocycles. The molecule has 6 rings (SSSR count). The van der Waals surface area contributed by atoms with Crippen molar-refractivity contribution in [2.45, 2.75) is 57.2 Å². The van der Waals surface area contributed by atoms with Crippen LogP contribution in [-0.4, -0.2) is 62.7 Å². The maximum Gasteiger partial charge on any atom is 0.267 e. The van der Waals surface area contributed by atoms with E-state index in [-0.39, 0.29) is 60.3 Å². The fourth-order valence-electron chi connectivity index (χ4n) is 5.80. The highest BCUT2D eigenvalue weighted by atomic mass is 35.5. The second-order valence-electron chi connectivity index (χ2n) is 10.8. The summed E-state index contributed by atoms with van der Waals surface area (Å²) in [6.45, 7) is 3.08. The van der Waals surface area contributed by atoms with Crippen LogP contribution >= 0.6 is 36.2 Å². The Bertz CT molecular complexity index is 1680. The smallest absolute Gasteiger partial charge is 0.267 e. The summed E-state index contributed by atoms with van der Waals surface area (Å²) in [7, 11) is 0. The van der Waals surface area contributed by atoms with Gasteiger partial charge >= 0.3 is 0 Å². The van der Waals surface area contributed by atoms with Gasteiger partial charge in [-0.05, 0) is 57.2 Å². The van der Waals surface area contributed by atoms with Gasteiger partial charge in [0.2, 0.25) is 5.88 Å². The number of rotatable bonds is 7. The molecule has 44 heavy (non-hydrogen) atoms. The molecule has 2 amide bonds. The number of nitrogen functional groups attached to an aromatic ring is 1. The van der Waals surface area contributed by atoms with E-state index in [0.29, 0.717) is 40.6 Å². The zero-order chi connectivity index (χ0) is 29.5. The van der Waals surface area contributed by atoms with Crippen molar-refractivity contribution in [1.82, 2.24) is 24.9 Å². The highest BCUT2D eigenvalue weighted by molar-refractivity contribution is 7.13. The molecule has 4 heterocycles. The Kier molecular flexibility index (Phi) is 10.2. The third kappa shape index (κ3) is 6.53. The fraction of sp³-hybridized carbons (Fsp3) is 0.393. The number of thiazole rings is 1. The van der Waals surface area contributed by atoms with Crippen molar-refractivity contribution in [3.05, 3.63) is 51.9 Å². The standard InChI is InChI=1S/C28H32FN9O3S.2ClH/c1-14-35-28(41-18-6-5-16(30)10-18)24(42-14)27(40)36-17-3-2-8-37(12-17)22-11-21(38-23(22)25(31)33-13-34-38)15-4-7-19(26(32)39)20(29)9-15;;/h4,7,9,11,13,16-18H,2-3,5-6,8,10,12,30H2,1H3,(H2,32,39)(H,36,40)(H2,31,33,34);2*1H/t16-,17-,18+;;/m1../s1. The predicted octanol–water partition coefficient (Wildman–Crippen LogP) is 3.48. The van der Waals surface area contributed by atoms with E-state index in [9.17, 15) is 14.0 Å². The molecule has 7 N–H and O–H groups in total. The zero-order valence-corrected chi connectivity index (χ0v) is 26.3. The van der Waals surface area contributed by atoms with Gasteiger partial charge in [-0.2, -0.15) is 5.10 Å². The molecule has 1 aliphatic carbocycles. The van der Waals surface area contributed by atoms with Crippen molar-refractivity contribution in [3.8, 4) is 17.1 Å². The van der Waals surface area contributed by atoms with Crippen LogP contribution in [0.3, 0.4) is 0 Å². The predicted molar refractivity (Wildman–Crippen MR) is 172 cm³/mol. The minimum absolute atomic E-state index is 0. The summed E-state index contributed by atoms with van der Waals surface area (Å²) in [4.78, 5) is 36.2. The second-order valence-corrected chi connectivity index (χ2v) is 12.0. The van der Waals surface area contributed by atoms with Crippen LogP contribution in [0.25, 0.3) is 16.8 Å². The highest BCUT2D eigenvalue weighted by Crippen LogP contribution is 2.36. The number of amides is 2. The van der Waals surface area contributed by atoms with Crippen LogP contribution in [0, 0.1) is 12.7 Å². The van der Waals surface area contributed by atoms with Crippen LogP contribution in [0.5, 0.6) is 5.88 Å². The summed E-state index contributed by atoms with van der Waals surface area (Å²) < 4.78 is 22.4. The lowest BCUT2D eigenvalue weighted by atomic mass is 10.0. The van der Waals surface area contributed by atoms with E-state index in [4.69, 9.17) is 21.9 Å². The highest BCUT2D eigenvalue weighted by Gasteiger charge is 2.30. The Balaban J connectivity index is 0.00000221. The summed E-state index contributed by atoms with van der Waals surface area (Å²) in [5, 5.41) is 8.30. The van der Waals surface area contributed by atoms with E-state index in [1.54, 1.807) is 10.6 Å². The van der Waals surface area contributed by atoms with Crippen molar-refractivity contribution < 1.29 is 18.7 Å². The Hall–Kier alpha value is -3.72. The molecule has 0 spiro atoms. The van der Waals surface area contributed by atoms with E-state index < -0.39 is 11.7 Å². The number of halogens is 3. The number of anilines is 2. The molecule has 3 aromatic heterocycles. The molecule has 12 nitrogen and oxygen atoms in total. The monoisotopic (exact) mass is 665 g/mol. The number of primary amides is 1. The number of aryl methyl sites for hydroxylation is 1. The summed E-state index contributed by atoms with van der Waals surface area (Å²) in [6, 6.07) is 6.04. The van der Waals surface area contributed by atoms with Gasteiger partial charge in [0.15, 0.2) is 10.7 Å². The molecule has 0 unspecified atom stereocenters. The van der Waals surface area contributed by atoms with E-state index >= 15 is 0 Å². The number of benzene rings is 1. The first-order chi connectivity index (χ1) is 20.2. The third-order valence-corrected chi connectivity index (χ3v) is 8.75. The molecule has 0 radical (unpaired) electrons. The first-order valence-electron chi connectivity index (χ1n) is 13.9. The van der Waals surface area contributed by atoms with Crippen molar-refractivity contribution >= 4 is 65.0 Å². The molecule has 0 bridgehead atoms. The minimum Gasteiger partial charge on any atom is -0.473 e. The summed E-state index contributed by atoms with van der Waals surface area (Å²) >= 11 is 1.31. The lowest BCUT2D eigenvalue weighted by Crippen LogP contribution is -2.47. The maximum absolute atomic E-state index is 14.7. The second kappa shape index (κ2) is 13.5. The molecule has 236 valence electrons. The molecule has 1 aromatic carbocycles. The van der Waals surface area contributed by atoms with E-state index in [1.807, 2.05) is 13.0 Å². The van der Waals surface area contributed by atoms with Crippen LogP contribution in [0.4, 0.5) is 15.9 Å². The number of ether oxygens (including phenoxy) is 1. The van der Waals surface area contributed by atoms with Crippen molar-refractivity contribution in [3.63, 3.8) is 0 Å². The van der Waals surface area contributed by atoms with Gasteiger partial charge < -0.3 is 32.2 Å². The Morgan fingerprint density at radius 2 is 1.98 bits per heavy atom. The number of nitrogens with two attached hydrogens (primary N) is 3. The molecule has 2 fully saturated rings. The number of nitrogens with zero attached hydrogens (tertiary/aromatic N) is 5. The normalized spacial score (nSPS) is 19.7. The number of hydrogen-bond acceptors (Lipinski definition) is 10. The van der Waals surface area contributed by atoms with Gasteiger partial charge in [-0.25, -0.2) is 18.9 Å². The van der Waals surface area contributed by atoms with Gasteiger partial charge in [-0.1, -0.05) is 6.07 Å². The van der Waals surface area contributed by atoms with Gasteiger partial charge in [-0.3, -0.25) is 9.59 Å². The number of carbonyl (C=O) groups excluding carboxylic acids is 2. The van der Waals surface area contributed by atoms with E-state index in [1.165, 1.54) is 29.8 Å². The van der Waals surface area contributed by atoms with Gasteiger partial charge in [0.05, 0.1) is 22.0 Å². The molecular formula is C28H34Cl2FN9O3S. The molecule has 4 aromatic rings. The van der Waals surface area contributed by atoms with E-state index in [0.717, 1.165) is 42.8 Å². The third-order valence-electron chi connectivity index (χ3n) is 7.80. The van der Waals surface area contributed by atoms with Gasteiger partial charge in [0.1, 0.15) is 23.8 Å². The Morgan fingerprint density at radius 1 is 1.18 bits per heavy atom. The fourth-order valence-corrected chi connectivity index (χ4v) is 6.56. The molecular weight excluding hydrogens is 632 g/mol. The first kappa shape index (κ1) is 33.2. The number of aromatic nitrogens is 4. The SMILES string of the molecule is Cc1nc(O[C@H]2CC[C@@H](N)C2)c(C(=O)N[C@@H]2CCCN(c3cc(-c4ccc(C(N)=O)c(F)c4)n4ncnc(N)c34)C2)s1.Cl.Cl. The van der Waals surface area contributed by atoms with Crippen LogP contribution in [0.1, 0.15) is 57.1 Å². The number of nitrogens with one attached hydrogen (secondary N) is 1. The largest absolute Gasteiger partial charge is 0.473 e. The number of carbonyl (C=O) groups is 2. The van der Waals surface area contributed by atoms with E-state index in [2.05, 4.69) is 25.3 Å². The van der Waals surface area contributed by atoms with Crippen LogP contribution < -0.4 is 32.2 Å². The van der Waals surface area contributed by atoms with Gasteiger partial charge in [0, 0.05) is 30.7 Å². The minimum atomic E-state index is -0.845. The van der Waals surface area contributed by atoms with Crippen LogP contribution in [0.15, 0.2) is 30.6 Å². The molecule has 16 heteroatoms. The quantitative estimate of drug-likeness (QED) is 0.230. The molecule has 1 aliphatic heterocycles. The van der Waals surface area contributed by atoms with Crippen molar-refractivity contribution in [1.29, 1.82) is 0 Å². The Labute approximate surface area is 269 Å².